The average Bonchev–Trinajstić information content (AvgIpc) is 3.11. The van der Waals surface area contributed by atoms with Crippen molar-refractivity contribution >= 4 is 12.2 Å². The molecule has 86 valence electrons. The van der Waals surface area contributed by atoms with Crippen LogP contribution in [0, 0.1) is 16.6 Å². The smallest absolute Gasteiger partial charge is 0.195 e. The van der Waals surface area contributed by atoms with E-state index >= 15 is 0 Å². The van der Waals surface area contributed by atoms with Crippen LogP contribution >= 0.6 is 12.2 Å². The summed E-state index contributed by atoms with van der Waals surface area (Å²) >= 11 is 5.44. The fourth-order valence-corrected chi connectivity index (χ4v) is 3.18. The van der Waals surface area contributed by atoms with Crippen molar-refractivity contribution in [2.45, 2.75) is 50.5 Å². The first-order chi connectivity index (χ1) is 7.84. The maximum atomic E-state index is 5.44. The number of aromatic nitrogens is 3. The highest BCUT2D eigenvalue weighted by Crippen LogP contribution is 2.53. The maximum absolute atomic E-state index is 5.44. The van der Waals surface area contributed by atoms with Crippen LogP contribution in [0.25, 0.3) is 0 Å². The highest BCUT2D eigenvalue weighted by atomic mass is 32.1. The van der Waals surface area contributed by atoms with Gasteiger partial charge in [0.25, 0.3) is 0 Å². The standard InChI is InChI=1S/C12H17N3S/c16-12-14-13-11(9-5-6-9)15(12)10(7-1-2-7)8-3-4-8/h7-10H,1-6H2,(H,14,16). The van der Waals surface area contributed by atoms with E-state index in [0.717, 1.165) is 16.6 Å². The van der Waals surface area contributed by atoms with Gasteiger partial charge in [0.1, 0.15) is 5.82 Å². The molecule has 0 atom stereocenters. The van der Waals surface area contributed by atoms with E-state index < -0.39 is 0 Å². The van der Waals surface area contributed by atoms with E-state index in [2.05, 4.69) is 14.8 Å². The fourth-order valence-electron chi connectivity index (χ4n) is 2.92. The Morgan fingerprint density at radius 3 is 2.25 bits per heavy atom. The average molecular weight is 235 g/mol. The van der Waals surface area contributed by atoms with E-state index in [4.69, 9.17) is 12.2 Å². The summed E-state index contributed by atoms with van der Waals surface area (Å²) in [6, 6.07) is 0.682. The van der Waals surface area contributed by atoms with Crippen LogP contribution in [0.5, 0.6) is 0 Å². The van der Waals surface area contributed by atoms with Gasteiger partial charge < -0.3 is 4.57 Å². The predicted octanol–water partition coefficient (Wildman–Crippen LogP) is 3.18. The van der Waals surface area contributed by atoms with Gasteiger partial charge in [-0.25, -0.2) is 0 Å². The molecule has 3 aliphatic carbocycles. The van der Waals surface area contributed by atoms with Crippen LogP contribution in [0.3, 0.4) is 0 Å². The summed E-state index contributed by atoms with van der Waals surface area (Å²) in [6.45, 7) is 0. The van der Waals surface area contributed by atoms with Gasteiger partial charge in [-0.3, -0.25) is 5.10 Å². The third-order valence-electron chi connectivity index (χ3n) is 4.18. The molecule has 0 spiro atoms. The van der Waals surface area contributed by atoms with Gasteiger partial charge in [-0.05, 0) is 62.6 Å². The molecule has 3 aliphatic rings. The SMILES string of the molecule is S=c1[nH]nc(C2CC2)n1C(C1CC1)C1CC1. The normalized spacial score (nSPS) is 25.3. The summed E-state index contributed by atoms with van der Waals surface area (Å²) < 4.78 is 3.26. The lowest BCUT2D eigenvalue weighted by atomic mass is 10.1. The Labute approximate surface area is 100 Å². The second kappa shape index (κ2) is 3.19. The van der Waals surface area contributed by atoms with Crippen molar-refractivity contribution in [3.05, 3.63) is 10.6 Å². The number of hydrogen-bond donors (Lipinski definition) is 1. The summed E-state index contributed by atoms with van der Waals surface area (Å²) in [5, 5.41) is 7.48. The molecule has 3 nitrogen and oxygen atoms in total. The molecule has 4 rings (SSSR count). The number of H-pyrrole nitrogens is 1. The van der Waals surface area contributed by atoms with E-state index in [9.17, 15) is 0 Å². The van der Waals surface area contributed by atoms with Crippen LogP contribution in [0.15, 0.2) is 0 Å². The van der Waals surface area contributed by atoms with Crippen molar-refractivity contribution in [3.8, 4) is 0 Å². The van der Waals surface area contributed by atoms with Crippen LogP contribution in [0.1, 0.15) is 56.3 Å². The molecule has 1 aromatic rings. The second-order valence-corrected chi connectivity index (χ2v) is 6.08. The summed E-state index contributed by atoms with van der Waals surface area (Å²) in [5.41, 5.74) is 0. The van der Waals surface area contributed by atoms with Gasteiger partial charge in [0, 0.05) is 12.0 Å². The van der Waals surface area contributed by atoms with Crippen molar-refractivity contribution in [2.24, 2.45) is 11.8 Å². The lowest BCUT2D eigenvalue weighted by Gasteiger charge is -2.19. The minimum Gasteiger partial charge on any atom is -0.300 e. The molecule has 1 aromatic heterocycles. The van der Waals surface area contributed by atoms with E-state index in [0.29, 0.717) is 12.0 Å². The quantitative estimate of drug-likeness (QED) is 0.813. The molecular formula is C12H17N3S. The largest absolute Gasteiger partial charge is 0.300 e. The zero-order chi connectivity index (χ0) is 10.7. The van der Waals surface area contributed by atoms with Crippen LogP contribution in [0.4, 0.5) is 0 Å². The number of nitrogens with zero attached hydrogens (tertiary/aromatic N) is 2. The first-order valence-electron chi connectivity index (χ1n) is 6.51. The molecule has 3 fully saturated rings. The number of rotatable bonds is 4. The molecule has 0 amide bonds. The molecule has 0 aromatic carbocycles. The van der Waals surface area contributed by atoms with Crippen molar-refractivity contribution in [1.29, 1.82) is 0 Å². The molecule has 16 heavy (non-hydrogen) atoms. The Balaban J connectivity index is 1.77. The maximum Gasteiger partial charge on any atom is 0.195 e. The second-order valence-electron chi connectivity index (χ2n) is 5.70. The Kier molecular flexibility index (Phi) is 1.87. The Hall–Kier alpha value is -0.640. The zero-order valence-electron chi connectivity index (χ0n) is 9.35. The Bertz CT molecular complexity index is 451. The van der Waals surface area contributed by atoms with E-state index in [1.807, 2.05) is 0 Å². The van der Waals surface area contributed by atoms with Gasteiger partial charge in [-0.15, -0.1) is 0 Å². The van der Waals surface area contributed by atoms with Gasteiger partial charge >= 0.3 is 0 Å². The van der Waals surface area contributed by atoms with Crippen LogP contribution in [-0.2, 0) is 0 Å². The van der Waals surface area contributed by atoms with Crippen molar-refractivity contribution in [1.82, 2.24) is 14.8 Å². The van der Waals surface area contributed by atoms with Crippen LogP contribution < -0.4 is 0 Å². The molecule has 1 heterocycles. The van der Waals surface area contributed by atoms with Crippen molar-refractivity contribution < 1.29 is 0 Å². The monoisotopic (exact) mass is 235 g/mol. The lowest BCUT2D eigenvalue weighted by molar-refractivity contribution is 0.379. The molecular weight excluding hydrogens is 218 g/mol. The zero-order valence-corrected chi connectivity index (χ0v) is 10.2. The Morgan fingerprint density at radius 1 is 1.12 bits per heavy atom. The molecule has 0 unspecified atom stereocenters. The van der Waals surface area contributed by atoms with Gasteiger partial charge in [0.2, 0.25) is 0 Å². The topological polar surface area (TPSA) is 33.6 Å². The highest BCUT2D eigenvalue weighted by molar-refractivity contribution is 7.71. The minimum absolute atomic E-state index is 0.682. The number of nitrogens with one attached hydrogen (secondary N) is 1. The predicted molar refractivity (Wildman–Crippen MR) is 63.9 cm³/mol. The molecule has 1 N–H and O–H groups in total. The van der Waals surface area contributed by atoms with Crippen LogP contribution in [-0.4, -0.2) is 14.8 Å². The summed E-state index contributed by atoms with van der Waals surface area (Å²) in [7, 11) is 0. The number of hydrogen-bond acceptors (Lipinski definition) is 2. The Morgan fingerprint density at radius 2 is 1.75 bits per heavy atom. The van der Waals surface area contributed by atoms with Gasteiger partial charge in [0.15, 0.2) is 4.77 Å². The molecule has 0 radical (unpaired) electrons. The molecule has 4 heteroatoms. The minimum atomic E-state index is 0.682. The molecule has 0 aliphatic heterocycles. The lowest BCUT2D eigenvalue weighted by Crippen LogP contribution is -2.16. The first kappa shape index (κ1) is 9.40. The van der Waals surface area contributed by atoms with Gasteiger partial charge in [0.05, 0.1) is 0 Å². The molecule has 3 saturated carbocycles. The summed E-state index contributed by atoms with van der Waals surface area (Å²) in [4.78, 5) is 0. The van der Waals surface area contributed by atoms with Gasteiger partial charge in [-0.1, -0.05) is 0 Å². The summed E-state index contributed by atoms with van der Waals surface area (Å²) in [5.74, 6) is 3.75. The van der Waals surface area contributed by atoms with Crippen LogP contribution in [0.2, 0.25) is 0 Å². The molecule has 0 bridgehead atoms. The van der Waals surface area contributed by atoms with Crippen molar-refractivity contribution in [2.75, 3.05) is 0 Å². The first-order valence-corrected chi connectivity index (χ1v) is 6.92. The van der Waals surface area contributed by atoms with Crippen molar-refractivity contribution in [3.63, 3.8) is 0 Å². The third-order valence-corrected chi connectivity index (χ3v) is 4.47. The summed E-state index contributed by atoms with van der Waals surface area (Å²) in [6.07, 6.45) is 8.22. The fraction of sp³-hybridized carbons (Fsp3) is 0.833. The number of aromatic amines is 1. The van der Waals surface area contributed by atoms with E-state index in [1.54, 1.807) is 0 Å². The van der Waals surface area contributed by atoms with E-state index in [1.165, 1.54) is 44.3 Å². The highest BCUT2D eigenvalue weighted by Gasteiger charge is 2.45. The third kappa shape index (κ3) is 1.46. The van der Waals surface area contributed by atoms with Gasteiger partial charge in [-0.2, -0.15) is 5.10 Å². The molecule has 0 saturated heterocycles. The van der Waals surface area contributed by atoms with E-state index in [-0.39, 0.29) is 0 Å².